The molecule has 0 aliphatic carbocycles. The molecule has 0 bridgehead atoms. The van der Waals surface area contributed by atoms with Crippen molar-refractivity contribution in [3.63, 3.8) is 0 Å². The smallest absolute Gasteiger partial charge is 0.121 e. The lowest BCUT2D eigenvalue weighted by Gasteiger charge is -2.26. The average molecular weight is 329 g/mol. The number of hydrogen-bond donors (Lipinski definition) is 0. The third kappa shape index (κ3) is 4.36. The molecule has 5 heteroatoms. The van der Waals surface area contributed by atoms with Crippen molar-refractivity contribution < 1.29 is 9.47 Å². The lowest BCUT2D eigenvalue weighted by molar-refractivity contribution is 0.0322. The van der Waals surface area contributed by atoms with E-state index in [-0.39, 0.29) is 5.41 Å². The Kier molecular flexibility index (Phi) is 5.21. The summed E-state index contributed by atoms with van der Waals surface area (Å²) >= 11 is 0. The van der Waals surface area contributed by atoms with E-state index in [1.807, 2.05) is 35.1 Å². The Hall–Kier alpha value is -1.85. The fraction of sp³-hybridized carbons (Fsp3) is 0.526. The van der Waals surface area contributed by atoms with Gasteiger partial charge in [0.15, 0.2) is 0 Å². The molecular formula is C19H27N3O2. The van der Waals surface area contributed by atoms with Gasteiger partial charge in [0.1, 0.15) is 12.4 Å². The van der Waals surface area contributed by atoms with Crippen LogP contribution in [-0.2, 0) is 10.2 Å². The van der Waals surface area contributed by atoms with E-state index in [4.69, 9.17) is 9.47 Å². The predicted molar refractivity (Wildman–Crippen MR) is 95.0 cm³/mol. The van der Waals surface area contributed by atoms with Crippen LogP contribution in [0.2, 0.25) is 0 Å². The van der Waals surface area contributed by atoms with Crippen LogP contribution in [0.3, 0.4) is 0 Å². The number of nitrogens with zero attached hydrogens (tertiary/aromatic N) is 3. The molecule has 0 N–H and O–H groups in total. The molecule has 1 aromatic carbocycles. The number of morpholine rings is 1. The summed E-state index contributed by atoms with van der Waals surface area (Å²) in [7, 11) is 0. The number of ether oxygens (including phenoxy) is 2. The highest BCUT2D eigenvalue weighted by molar-refractivity contribution is 5.39. The third-order valence-corrected chi connectivity index (χ3v) is 4.22. The molecule has 0 radical (unpaired) electrons. The largest absolute Gasteiger partial charge is 0.492 e. The van der Waals surface area contributed by atoms with Gasteiger partial charge in [-0.05, 0) is 18.2 Å². The Morgan fingerprint density at radius 1 is 1.17 bits per heavy atom. The Labute approximate surface area is 144 Å². The molecule has 3 rings (SSSR count). The highest BCUT2D eigenvalue weighted by Gasteiger charge is 2.17. The Morgan fingerprint density at radius 2 is 1.96 bits per heavy atom. The molecule has 2 heterocycles. The first-order valence-electron chi connectivity index (χ1n) is 8.62. The first-order chi connectivity index (χ1) is 11.5. The molecule has 1 aromatic heterocycles. The highest BCUT2D eigenvalue weighted by atomic mass is 16.5. The zero-order valence-corrected chi connectivity index (χ0v) is 14.9. The van der Waals surface area contributed by atoms with Crippen LogP contribution in [0.4, 0.5) is 0 Å². The molecule has 0 spiro atoms. The van der Waals surface area contributed by atoms with Gasteiger partial charge in [0.2, 0.25) is 0 Å². The van der Waals surface area contributed by atoms with Crippen molar-refractivity contribution in [1.29, 1.82) is 0 Å². The topological polar surface area (TPSA) is 39.5 Å². The molecule has 0 atom stereocenters. The summed E-state index contributed by atoms with van der Waals surface area (Å²) in [4.78, 5) is 2.37. The summed E-state index contributed by atoms with van der Waals surface area (Å²) in [5.74, 6) is 0.883. The molecule has 1 aliphatic heterocycles. The zero-order valence-electron chi connectivity index (χ0n) is 14.9. The van der Waals surface area contributed by atoms with E-state index in [0.717, 1.165) is 50.0 Å². The Bertz CT molecular complexity index is 655. The Morgan fingerprint density at radius 3 is 2.67 bits per heavy atom. The average Bonchev–Trinajstić information content (AvgIpc) is 3.07. The van der Waals surface area contributed by atoms with Gasteiger partial charge in [-0.25, -0.2) is 4.68 Å². The van der Waals surface area contributed by atoms with Gasteiger partial charge in [-0.1, -0.05) is 26.8 Å². The van der Waals surface area contributed by atoms with Gasteiger partial charge in [0.05, 0.1) is 24.6 Å². The fourth-order valence-electron chi connectivity index (χ4n) is 2.70. The number of benzene rings is 1. The maximum atomic E-state index is 5.92. The summed E-state index contributed by atoms with van der Waals surface area (Å²) in [5, 5.41) is 4.69. The maximum absolute atomic E-state index is 5.92. The second-order valence-corrected chi connectivity index (χ2v) is 7.20. The van der Waals surface area contributed by atoms with Crippen LogP contribution < -0.4 is 4.74 Å². The van der Waals surface area contributed by atoms with Crippen molar-refractivity contribution in [2.75, 3.05) is 39.5 Å². The van der Waals surface area contributed by atoms with Crippen molar-refractivity contribution in [2.45, 2.75) is 26.2 Å². The van der Waals surface area contributed by atoms with E-state index < -0.39 is 0 Å². The van der Waals surface area contributed by atoms with Crippen LogP contribution in [0.25, 0.3) is 5.69 Å². The fourth-order valence-corrected chi connectivity index (χ4v) is 2.70. The third-order valence-electron chi connectivity index (χ3n) is 4.22. The molecule has 1 saturated heterocycles. The van der Waals surface area contributed by atoms with E-state index in [0.29, 0.717) is 6.61 Å². The second-order valence-electron chi connectivity index (χ2n) is 7.20. The van der Waals surface area contributed by atoms with Crippen LogP contribution >= 0.6 is 0 Å². The molecular weight excluding hydrogens is 302 g/mol. The molecule has 24 heavy (non-hydrogen) atoms. The summed E-state index contributed by atoms with van der Waals surface area (Å²) in [6.45, 7) is 11.8. The molecule has 1 aliphatic rings. The molecule has 0 unspecified atom stereocenters. The van der Waals surface area contributed by atoms with Crippen molar-refractivity contribution in [3.05, 3.63) is 42.2 Å². The standard InChI is InChI=1S/C19H27N3O2/c1-19(2,3)18-7-8-22(20-18)16-5-4-6-17(15-16)24-14-11-21-9-12-23-13-10-21/h4-8,15H,9-14H2,1-3H3. The second kappa shape index (κ2) is 7.36. The van der Waals surface area contributed by atoms with E-state index in [1.165, 1.54) is 0 Å². The lowest BCUT2D eigenvalue weighted by Crippen LogP contribution is -2.38. The minimum atomic E-state index is 0.0531. The van der Waals surface area contributed by atoms with Crippen LogP contribution in [0, 0.1) is 0 Å². The lowest BCUT2D eigenvalue weighted by atomic mass is 9.93. The highest BCUT2D eigenvalue weighted by Crippen LogP contribution is 2.22. The summed E-state index contributed by atoms with van der Waals surface area (Å²) in [6, 6.07) is 10.2. The van der Waals surface area contributed by atoms with E-state index in [2.05, 4.69) is 36.8 Å². The number of hydrogen-bond acceptors (Lipinski definition) is 4. The normalized spacial score (nSPS) is 16.3. The van der Waals surface area contributed by atoms with Crippen LogP contribution in [0.1, 0.15) is 26.5 Å². The first-order valence-corrected chi connectivity index (χ1v) is 8.62. The van der Waals surface area contributed by atoms with Gasteiger partial charge >= 0.3 is 0 Å². The van der Waals surface area contributed by atoms with Crippen molar-refractivity contribution in [1.82, 2.24) is 14.7 Å². The summed E-state index contributed by atoms with van der Waals surface area (Å²) in [6.07, 6.45) is 2.01. The first kappa shape index (κ1) is 17.0. The van der Waals surface area contributed by atoms with Gasteiger partial charge in [-0.15, -0.1) is 0 Å². The van der Waals surface area contributed by atoms with Crippen LogP contribution in [0.15, 0.2) is 36.5 Å². The molecule has 2 aromatic rings. The summed E-state index contributed by atoms with van der Waals surface area (Å²) in [5.41, 5.74) is 2.16. The predicted octanol–water partition coefficient (Wildman–Crippen LogP) is 2.88. The number of rotatable bonds is 5. The van der Waals surface area contributed by atoms with Crippen molar-refractivity contribution in [2.24, 2.45) is 0 Å². The van der Waals surface area contributed by atoms with E-state index >= 15 is 0 Å². The molecule has 1 fully saturated rings. The van der Waals surface area contributed by atoms with Crippen molar-refractivity contribution in [3.8, 4) is 11.4 Å². The van der Waals surface area contributed by atoms with Crippen LogP contribution in [-0.4, -0.2) is 54.1 Å². The van der Waals surface area contributed by atoms with Gasteiger partial charge in [-0.3, -0.25) is 4.90 Å². The molecule has 0 saturated carbocycles. The zero-order chi connectivity index (χ0) is 17.0. The van der Waals surface area contributed by atoms with Gasteiger partial charge in [0, 0.05) is 37.3 Å². The van der Waals surface area contributed by atoms with E-state index in [9.17, 15) is 0 Å². The minimum Gasteiger partial charge on any atom is -0.492 e. The maximum Gasteiger partial charge on any atom is 0.121 e. The SMILES string of the molecule is CC(C)(C)c1ccn(-c2cccc(OCCN3CCOCC3)c2)n1. The molecule has 130 valence electrons. The Balaban J connectivity index is 1.60. The quantitative estimate of drug-likeness (QED) is 0.846. The molecule has 5 nitrogen and oxygen atoms in total. The minimum absolute atomic E-state index is 0.0531. The van der Waals surface area contributed by atoms with Crippen molar-refractivity contribution >= 4 is 0 Å². The van der Waals surface area contributed by atoms with E-state index in [1.54, 1.807) is 0 Å². The molecule has 0 amide bonds. The van der Waals surface area contributed by atoms with Gasteiger partial charge < -0.3 is 9.47 Å². The summed E-state index contributed by atoms with van der Waals surface area (Å²) < 4.78 is 13.2. The number of aromatic nitrogens is 2. The monoisotopic (exact) mass is 329 g/mol. The van der Waals surface area contributed by atoms with Gasteiger partial charge in [-0.2, -0.15) is 5.10 Å². The van der Waals surface area contributed by atoms with Crippen LogP contribution in [0.5, 0.6) is 5.75 Å². The van der Waals surface area contributed by atoms with Gasteiger partial charge in [0.25, 0.3) is 0 Å².